The Labute approximate surface area is 145 Å². The molecule has 5 N–H and O–H groups in total. The number of nitrogens with one attached hydrogen (secondary N) is 2. The minimum absolute atomic E-state index is 0.0597. The molecule has 0 radical (unpaired) electrons. The molecule has 0 bridgehead atoms. The van der Waals surface area contributed by atoms with Crippen molar-refractivity contribution in [2.45, 2.75) is 25.9 Å². The lowest BCUT2D eigenvalue weighted by Crippen LogP contribution is -2.39. The number of nitrogens with zero attached hydrogens (tertiary/aromatic N) is 2. The molecule has 2 aromatic heterocycles. The Morgan fingerprint density at radius 1 is 1.08 bits per heavy atom. The molecule has 2 atom stereocenters. The highest BCUT2D eigenvalue weighted by molar-refractivity contribution is 5.87. The van der Waals surface area contributed by atoms with Gasteiger partial charge in [0.1, 0.15) is 11.6 Å². The van der Waals surface area contributed by atoms with Gasteiger partial charge in [-0.1, -0.05) is 0 Å². The second-order valence-electron chi connectivity index (χ2n) is 5.03. The quantitative estimate of drug-likeness (QED) is 0.422. The van der Waals surface area contributed by atoms with Crippen LogP contribution in [0.2, 0.25) is 0 Å². The van der Waals surface area contributed by atoms with Gasteiger partial charge in [-0.3, -0.25) is 19.4 Å². The predicted molar refractivity (Wildman–Crippen MR) is 87.2 cm³/mol. The Kier molecular flexibility index (Phi) is 5.67. The van der Waals surface area contributed by atoms with Gasteiger partial charge < -0.3 is 25.3 Å². The first-order chi connectivity index (χ1) is 12.3. The third kappa shape index (κ3) is 3.69. The third-order valence-electron chi connectivity index (χ3n) is 3.29. The maximum absolute atomic E-state index is 12.3. The van der Waals surface area contributed by atoms with Gasteiger partial charge >= 0.3 is 11.9 Å². The highest BCUT2D eigenvalue weighted by Gasteiger charge is 2.39. The fourth-order valence-electron chi connectivity index (χ4n) is 2.21. The number of aliphatic hydroxyl groups is 1. The monoisotopic (exact) mass is 367 g/mol. The van der Waals surface area contributed by atoms with E-state index < -0.39 is 40.8 Å². The molecule has 0 amide bonds. The number of aromatic nitrogens is 4. The van der Waals surface area contributed by atoms with Crippen molar-refractivity contribution in [3.63, 3.8) is 0 Å². The Bertz CT molecular complexity index is 951. The molecule has 0 saturated heterocycles. The van der Waals surface area contributed by atoms with E-state index in [9.17, 15) is 24.3 Å². The van der Waals surface area contributed by atoms with E-state index in [0.717, 1.165) is 0 Å². The van der Waals surface area contributed by atoms with E-state index in [2.05, 4.69) is 24.7 Å². The van der Waals surface area contributed by atoms with Crippen molar-refractivity contribution in [2.24, 2.45) is 0 Å². The van der Waals surface area contributed by atoms with Crippen LogP contribution in [-0.4, -0.2) is 56.3 Å². The van der Waals surface area contributed by atoms with Crippen LogP contribution in [0, 0.1) is 0 Å². The Morgan fingerprint density at radius 2 is 1.69 bits per heavy atom. The largest absolute Gasteiger partial charge is 0.465 e. The zero-order valence-electron chi connectivity index (χ0n) is 13.9. The summed E-state index contributed by atoms with van der Waals surface area (Å²) in [6.45, 7) is 2.87. The summed E-state index contributed by atoms with van der Waals surface area (Å²) in [5.41, 5.74) is 2.52. The summed E-state index contributed by atoms with van der Waals surface area (Å²) in [5, 5.41) is 10.2. The molecule has 12 heteroatoms. The molecule has 0 aliphatic heterocycles. The number of ether oxygens (including phenoxy) is 2. The zero-order valence-corrected chi connectivity index (χ0v) is 13.9. The number of rotatable bonds is 6. The van der Waals surface area contributed by atoms with Crippen LogP contribution in [0.25, 0.3) is 11.2 Å². The molecule has 12 nitrogen and oxygen atoms in total. The van der Waals surface area contributed by atoms with Crippen molar-refractivity contribution in [1.82, 2.24) is 19.9 Å². The van der Waals surface area contributed by atoms with E-state index in [0.29, 0.717) is 0 Å². The number of aromatic amines is 2. The predicted octanol–water partition coefficient (Wildman–Crippen LogP) is -1.84. The number of nitrogen functional groups attached to an aromatic ring is 1. The lowest BCUT2D eigenvalue weighted by atomic mass is 9.98. The number of hydrogen-bond acceptors (Lipinski definition) is 10. The van der Waals surface area contributed by atoms with E-state index in [4.69, 9.17) is 10.5 Å². The molecule has 26 heavy (non-hydrogen) atoms. The maximum atomic E-state index is 12.3. The number of carbonyl (C=O) groups is 2. The molecular formula is C14H17N5O7. The highest BCUT2D eigenvalue weighted by Crippen LogP contribution is 2.19. The van der Waals surface area contributed by atoms with Crippen molar-refractivity contribution in [2.75, 3.05) is 18.9 Å². The van der Waals surface area contributed by atoms with Gasteiger partial charge in [-0.25, -0.2) is 9.78 Å². The smallest absolute Gasteiger partial charge is 0.336 e. The average Bonchev–Trinajstić information content (AvgIpc) is 2.56. The van der Waals surface area contributed by atoms with Crippen molar-refractivity contribution in [3.8, 4) is 0 Å². The van der Waals surface area contributed by atoms with Crippen LogP contribution in [0.4, 0.5) is 5.95 Å². The number of esters is 2. The second kappa shape index (κ2) is 7.74. The van der Waals surface area contributed by atoms with Gasteiger partial charge in [0.2, 0.25) is 5.95 Å². The van der Waals surface area contributed by atoms with Crippen LogP contribution < -0.4 is 16.9 Å². The van der Waals surface area contributed by atoms with Gasteiger partial charge in [-0.05, 0) is 13.8 Å². The van der Waals surface area contributed by atoms with E-state index in [1.54, 1.807) is 0 Å². The molecule has 0 spiro atoms. The van der Waals surface area contributed by atoms with Gasteiger partial charge in [0.05, 0.1) is 13.2 Å². The van der Waals surface area contributed by atoms with Crippen molar-refractivity contribution in [3.05, 3.63) is 26.4 Å². The van der Waals surface area contributed by atoms with Gasteiger partial charge in [0.15, 0.2) is 17.3 Å². The van der Waals surface area contributed by atoms with Gasteiger partial charge in [0.25, 0.3) is 11.1 Å². The van der Waals surface area contributed by atoms with Gasteiger partial charge in [-0.2, -0.15) is 4.98 Å². The standard InChI is InChI=1S/C14H17N5O7/c1-3-25-12(23)5(8(20)13(24)26-4-2)6-10(21)17-9-7(16-6)11(22)19-14(15)18-9/h5,8,20H,3-4H2,1-2H3,(H4,15,17,18,19,21,22). The number of nitrogens with two attached hydrogens (primary N) is 1. The fourth-order valence-corrected chi connectivity index (χ4v) is 2.21. The summed E-state index contributed by atoms with van der Waals surface area (Å²) in [5.74, 6) is -4.26. The molecule has 2 aromatic rings. The molecule has 2 heterocycles. The molecule has 140 valence electrons. The molecule has 2 unspecified atom stereocenters. The average molecular weight is 367 g/mol. The SMILES string of the molecule is CCOC(=O)C(O)C(C(=O)OCC)c1nc2c(=O)[nH]c(N)nc2[nH]c1=O. The number of hydrogen-bond donors (Lipinski definition) is 4. The molecule has 0 saturated carbocycles. The number of fused-ring (bicyclic) bond motifs is 1. The van der Waals surface area contributed by atoms with Crippen LogP contribution in [0.5, 0.6) is 0 Å². The second-order valence-corrected chi connectivity index (χ2v) is 5.03. The minimum atomic E-state index is -2.05. The van der Waals surface area contributed by atoms with Crippen molar-refractivity contribution in [1.29, 1.82) is 0 Å². The van der Waals surface area contributed by atoms with Crippen LogP contribution in [0.3, 0.4) is 0 Å². The molecular weight excluding hydrogens is 350 g/mol. The zero-order chi connectivity index (χ0) is 19.4. The van der Waals surface area contributed by atoms with Crippen molar-refractivity contribution < 1.29 is 24.2 Å². The molecule has 0 aliphatic rings. The summed E-state index contributed by atoms with van der Waals surface area (Å²) in [6, 6.07) is 0. The number of anilines is 1. The fraction of sp³-hybridized carbons (Fsp3) is 0.429. The maximum Gasteiger partial charge on any atom is 0.336 e. The molecule has 2 rings (SSSR count). The Hall–Kier alpha value is -3.28. The van der Waals surface area contributed by atoms with Crippen LogP contribution in [0.15, 0.2) is 9.59 Å². The number of H-pyrrole nitrogens is 2. The van der Waals surface area contributed by atoms with Crippen LogP contribution in [0.1, 0.15) is 25.5 Å². The number of carbonyl (C=O) groups excluding carboxylic acids is 2. The van der Waals surface area contributed by atoms with Crippen LogP contribution in [-0.2, 0) is 19.1 Å². The summed E-state index contributed by atoms with van der Waals surface area (Å²) in [7, 11) is 0. The van der Waals surface area contributed by atoms with Crippen molar-refractivity contribution >= 4 is 29.1 Å². The summed E-state index contributed by atoms with van der Waals surface area (Å²) in [4.78, 5) is 60.3. The van der Waals surface area contributed by atoms with E-state index >= 15 is 0 Å². The third-order valence-corrected chi connectivity index (χ3v) is 3.29. The van der Waals surface area contributed by atoms with E-state index in [-0.39, 0.29) is 30.3 Å². The summed E-state index contributed by atoms with van der Waals surface area (Å²) >= 11 is 0. The van der Waals surface area contributed by atoms with E-state index in [1.807, 2.05) is 0 Å². The van der Waals surface area contributed by atoms with Gasteiger partial charge in [-0.15, -0.1) is 0 Å². The van der Waals surface area contributed by atoms with E-state index in [1.165, 1.54) is 13.8 Å². The normalized spacial score (nSPS) is 13.2. The first kappa shape index (κ1) is 19.1. The van der Waals surface area contributed by atoms with Gasteiger partial charge in [0, 0.05) is 0 Å². The lowest BCUT2D eigenvalue weighted by Gasteiger charge is -2.19. The molecule has 0 fully saturated rings. The Balaban J connectivity index is 2.65. The molecule has 0 aliphatic carbocycles. The first-order valence-corrected chi connectivity index (χ1v) is 7.61. The highest BCUT2D eigenvalue weighted by atomic mass is 16.6. The minimum Gasteiger partial charge on any atom is -0.465 e. The molecule has 0 aromatic carbocycles. The Morgan fingerprint density at radius 3 is 2.31 bits per heavy atom. The number of aliphatic hydroxyl groups excluding tert-OH is 1. The van der Waals surface area contributed by atoms with Crippen LogP contribution >= 0.6 is 0 Å². The first-order valence-electron chi connectivity index (χ1n) is 7.61. The topological polar surface area (TPSA) is 190 Å². The summed E-state index contributed by atoms with van der Waals surface area (Å²) < 4.78 is 9.47. The summed E-state index contributed by atoms with van der Waals surface area (Å²) in [6.07, 6.45) is -2.05. The lowest BCUT2D eigenvalue weighted by molar-refractivity contribution is -0.162.